The predicted octanol–water partition coefficient (Wildman–Crippen LogP) is 2.98. The lowest BCUT2D eigenvalue weighted by atomic mass is 10.2. The van der Waals surface area contributed by atoms with Crippen molar-refractivity contribution in [3.8, 4) is 5.75 Å². The van der Waals surface area contributed by atoms with Crippen molar-refractivity contribution in [2.45, 2.75) is 11.5 Å². The highest BCUT2D eigenvalue weighted by Crippen LogP contribution is 2.28. The molecule has 2 aromatic carbocycles. The minimum absolute atomic E-state index is 0.0100. The van der Waals surface area contributed by atoms with E-state index in [1.807, 2.05) is 30.3 Å². The molecular weight excluding hydrogens is 328 g/mol. The van der Waals surface area contributed by atoms with E-state index in [1.54, 1.807) is 0 Å². The van der Waals surface area contributed by atoms with Crippen LogP contribution in [0.25, 0.3) is 0 Å². The molecule has 0 spiro atoms. The maximum atomic E-state index is 12.0. The Balaban J connectivity index is 2.17. The normalized spacial score (nSPS) is 11.0. The summed E-state index contributed by atoms with van der Waals surface area (Å²) in [5.74, 6) is -0.593. The third kappa shape index (κ3) is 3.99. The summed E-state index contributed by atoms with van der Waals surface area (Å²) < 4.78 is 32.9. The number of hydrogen-bond donors (Lipinski definition) is 0. The number of halogens is 1. The van der Waals surface area contributed by atoms with Gasteiger partial charge in [0.05, 0.1) is 12.7 Å². The molecule has 0 bridgehead atoms. The van der Waals surface area contributed by atoms with Crippen LogP contribution in [0.5, 0.6) is 5.75 Å². The quantitative estimate of drug-likeness (QED) is 0.618. The van der Waals surface area contributed by atoms with Gasteiger partial charge in [0.1, 0.15) is 17.3 Å². The van der Waals surface area contributed by atoms with Crippen molar-refractivity contribution in [2.24, 2.45) is 0 Å². The molecule has 22 heavy (non-hydrogen) atoms. The smallest absolute Gasteiger partial charge is 0.338 e. The molecule has 2 rings (SSSR count). The maximum absolute atomic E-state index is 12.0. The lowest BCUT2D eigenvalue weighted by Crippen LogP contribution is -2.06. The summed E-state index contributed by atoms with van der Waals surface area (Å²) in [6.45, 7) is 0.123. The Morgan fingerprint density at radius 3 is 2.41 bits per heavy atom. The number of methoxy groups -OCH3 is 1. The molecule has 2 aromatic rings. The second-order valence-corrected chi connectivity index (χ2v) is 6.90. The van der Waals surface area contributed by atoms with Gasteiger partial charge in [-0.05, 0) is 23.8 Å². The summed E-state index contributed by atoms with van der Waals surface area (Å²) in [4.78, 5) is 11.8. The molecule has 116 valence electrons. The molecule has 0 saturated carbocycles. The summed E-state index contributed by atoms with van der Waals surface area (Å²) >= 11 is 0. The van der Waals surface area contributed by atoms with Crippen LogP contribution in [-0.2, 0) is 20.4 Å². The van der Waals surface area contributed by atoms with Gasteiger partial charge in [0, 0.05) is 10.7 Å². The third-order valence-electron chi connectivity index (χ3n) is 2.87. The standard InChI is InChI=1S/C15H13ClO5S/c1-20-13-9-12(7-8-14(13)22(16,18)19)15(17)21-10-11-5-3-2-4-6-11/h2-9H,10H2,1H3. The number of rotatable bonds is 5. The molecule has 0 aromatic heterocycles. The van der Waals surface area contributed by atoms with E-state index in [2.05, 4.69) is 0 Å². The van der Waals surface area contributed by atoms with E-state index in [4.69, 9.17) is 20.2 Å². The zero-order chi connectivity index (χ0) is 16.2. The first kappa shape index (κ1) is 16.3. The molecule has 0 N–H and O–H groups in total. The van der Waals surface area contributed by atoms with E-state index < -0.39 is 15.0 Å². The molecular formula is C15H13ClO5S. The Morgan fingerprint density at radius 1 is 1.14 bits per heavy atom. The van der Waals surface area contributed by atoms with Crippen LogP contribution in [0.2, 0.25) is 0 Å². The van der Waals surface area contributed by atoms with Crippen LogP contribution in [0.4, 0.5) is 0 Å². The molecule has 0 unspecified atom stereocenters. The van der Waals surface area contributed by atoms with Crippen molar-refractivity contribution in [1.29, 1.82) is 0 Å². The summed E-state index contributed by atoms with van der Waals surface area (Å²) in [7, 11) is 2.64. The van der Waals surface area contributed by atoms with E-state index in [0.29, 0.717) is 0 Å². The van der Waals surface area contributed by atoms with E-state index >= 15 is 0 Å². The Morgan fingerprint density at radius 2 is 1.82 bits per heavy atom. The molecule has 0 aliphatic rings. The monoisotopic (exact) mass is 340 g/mol. The van der Waals surface area contributed by atoms with Crippen LogP contribution in [0.3, 0.4) is 0 Å². The van der Waals surface area contributed by atoms with Crippen LogP contribution >= 0.6 is 10.7 Å². The first-order valence-corrected chi connectivity index (χ1v) is 8.56. The highest BCUT2D eigenvalue weighted by molar-refractivity contribution is 8.13. The zero-order valence-electron chi connectivity index (χ0n) is 11.7. The molecule has 0 radical (unpaired) electrons. The van der Waals surface area contributed by atoms with Crippen molar-refractivity contribution in [3.05, 3.63) is 59.7 Å². The van der Waals surface area contributed by atoms with Crippen LogP contribution in [0.1, 0.15) is 15.9 Å². The van der Waals surface area contributed by atoms with Crippen LogP contribution in [0.15, 0.2) is 53.4 Å². The summed E-state index contributed by atoms with van der Waals surface area (Å²) in [5.41, 5.74) is 1.03. The fourth-order valence-electron chi connectivity index (χ4n) is 1.80. The van der Waals surface area contributed by atoms with Crippen molar-refractivity contribution >= 4 is 25.7 Å². The number of carbonyl (C=O) groups excluding carboxylic acids is 1. The summed E-state index contributed by atoms with van der Waals surface area (Å²) in [6, 6.07) is 13.0. The van der Waals surface area contributed by atoms with Gasteiger partial charge in [-0.25, -0.2) is 13.2 Å². The molecule has 0 amide bonds. The third-order valence-corrected chi connectivity index (χ3v) is 4.24. The second kappa shape index (κ2) is 6.81. The molecule has 7 heteroatoms. The van der Waals surface area contributed by atoms with Gasteiger partial charge in [-0.15, -0.1) is 0 Å². The highest BCUT2D eigenvalue weighted by Gasteiger charge is 2.19. The lowest BCUT2D eigenvalue weighted by molar-refractivity contribution is 0.0472. The molecule has 0 aliphatic carbocycles. The van der Waals surface area contributed by atoms with Crippen LogP contribution < -0.4 is 4.74 Å². The van der Waals surface area contributed by atoms with E-state index in [1.165, 1.54) is 25.3 Å². The molecule has 5 nitrogen and oxygen atoms in total. The number of ether oxygens (including phenoxy) is 2. The van der Waals surface area contributed by atoms with Gasteiger partial charge >= 0.3 is 5.97 Å². The van der Waals surface area contributed by atoms with Gasteiger partial charge in [-0.3, -0.25) is 0 Å². The minimum atomic E-state index is -3.95. The van der Waals surface area contributed by atoms with E-state index in [-0.39, 0.29) is 22.8 Å². The molecule has 0 saturated heterocycles. The number of benzene rings is 2. The average Bonchev–Trinajstić information content (AvgIpc) is 2.52. The fourth-order valence-corrected chi connectivity index (χ4v) is 2.80. The molecule has 0 heterocycles. The van der Waals surface area contributed by atoms with Gasteiger partial charge in [0.15, 0.2) is 0 Å². The van der Waals surface area contributed by atoms with Crippen molar-refractivity contribution in [1.82, 2.24) is 0 Å². The molecule has 0 fully saturated rings. The SMILES string of the molecule is COc1cc(C(=O)OCc2ccccc2)ccc1S(=O)(=O)Cl. The molecule has 0 aliphatic heterocycles. The Kier molecular flexibility index (Phi) is 5.05. The van der Waals surface area contributed by atoms with Gasteiger partial charge in [-0.1, -0.05) is 30.3 Å². The minimum Gasteiger partial charge on any atom is -0.495 e. The summed E-state index contributed by atoms with van der Waals surface area (Å²) in [6.07, 6.45) is 0. The average molecular weight is 341 g/mol. The Hall–Kier alpha value is -2.05. The second-order valence-electron chi connectivity index (χ2n) is 4.37. The summed E-state index contributed by atoms with van der Waals surface area (Å²) in [5, 5.41) is 0. The lowest BCUT2D eigenvalue weighted by Gasteiger charge is -2.09. The Bertz CT molecular complexity index is 772. The fraction of sp³-hybridized carbons (Fsp3) is 0.133. The van der Waals surface area contributed by atoms with E-state index in [0.717, 1.165) is 5.56 Å². The van der Waals surface area contributed by atoms with Gasteiger partial charge < -0.3 is 9.47 Å². The highest BCUT2D eigenvalue weighted by atomic mass is 35.7. The molecule has 0 atom stereocenters. The number of carbonyl (C=O) groups is 1. The number of hydrogen-bond acceptors (Lipinski definition) is 5. The number of esters is 1. The van der Waals surface area contributed by atoms with Gasteiger partial charge in [0.25, 0.3) is 9.05 Å². The van der Waals surface area contributed by atoms with E-state index in [9.17, 15) is 13.2 Å². The topological polar surface area (TPSA) is 69.7 Å². The van der Waals surface area contributed by atoms with Crippen LogP contribution in [-0.4, -0.2) is 21.5 Å². The van der Waals surface area contributed by atoms with Gasteiger partial charge in [0.2, 0.25) is 0 Å². The Labute approximate surface area is 132 Å². The maximum Gasteiger partial charge on any atom is 0.338 e. The predicted molar refractivity (Wildman–Crippen MR) is 81.6 cm³/mol. The van der Waals surface area contributed by atoms with Gasteiger partial charge in [-0.2, -0.15) is 0 Å². The largest absolute Gasteiger partial charge is 0.495 e. The van der Waals surface area contributed by atoms with Crippen molar-refractivity contribution < 1.29 is 22.7 Å². The van der Waals surface area contributed by atoms with Crippen LogP contribution in [0, 0.1) is 0 Å². The first-order chi connectivity index (χ1) is 10.4. The zero-order valence-corrected chi connectivity index (χ0v) is 13.2. The first-order valence-electron chi connectivity index (χ1n) is 6.25. The van der Waals surface area contributed by atoms with Crippen molar-refractivity contribution in [3.63, 3.8) is 0 Å². The van der Waals surface area contributed by atoms with Crippen molar-refractivity contribution in [2.75, 3.05) is 7.11 Å².